The summed E-state index contributed by atoms with van der Waals surface area (Å²) in [6.07, 6.45) is 0.241. The lowest BCUT2D eigenvalue weighted by atomic mass is 10.0. The molecule has 0 heterocycles. The summed E-state index contributed by atoms with van der Waals surface area (Å²) < 4.78 is 29.9. The average molecular weight is 669 g/mol. The number of nitrogens with zero attached hydrogens (tertiary/aromatic N) is 2. The normalized spacial score (nSPS) is 11.9. The van der Waals surface area contributed by atoms with Crippen LogP contribution in [0.5, 0.6) is 0 Å². The second-order valence-electron chi connectivity index (χ2n) is 9.77. The third-order valence-electron chi connectivity index (χ3n) is 6.77. The number of aryl methyl sites for hydroxylation is 1. The summed E-state index contributed by atoms with van der Waals surface area (Å²) in [5.74, 6) is -0.905. The number of halogens is 2. The molecule has 0 aliphatic heterocycles. The highest BCUT2D eigenvalue weighted by atomic mass is 79.9. The van der Waals surface area contributed by atoms with Gasteiger partial charge in [0.25, 0.3) is 10.0 Å². The average Bonchev–Trinajstić information content (AvgIpc) is 2.98. The number of hydrogen-bond donors (Lipinski definition) is 1. The Morgan fingerprint density at radius 1 is 0.881 bits per heavy atom. The third kappa shape index (κ3) is 7.79. The van der Waals surface area contributed by atoms with Gasteiger partial charge in [-0.2, -0.15) is 0 Å². The van der Waals surface area contributed by atoms with Gasteiger partial charge in [-0.1, -0.05) is 93.8 Å². The van der Waals surface area contributed by atoms with E-state index in [9.17, 15) is 18.0 Å². The van der Waals surface area contributed by atoms with Crippen LogP contribution >= 0.6 is 27.5 Å². The molecule has 0 spiro atoms. The van der Waals surface area contributed by atoms with Gasteiger partial charge in [-0.15, -0.1) is 0 Å². The van der Waals surface area contributed by atoms with E-state index in [0.29, 0.717) is 5.02 Å². The molecule has 0 fully saturated rings. The zero-order valence-electron chi connectivity index (χ0n) is 23.2. The second-order valence-corrected chi connectivity index (χ2v) is 13.0. The van der Waals surface area contributed by atoms with Crippen LogP contribution in [0.2, 0.25) is 5.02 Å². The second kappa shape index (κ2) is 14.0. The molecular formula is C32H31BrClN3O4S. The van der Waals surface area contributed by atoms with Gasteiger partial charge in [0.05, 0.1) is 10.6 Å². The van der Waals surface area contributed by atoms with Crippen LogP contribution in [0.3, 0.4) is 0 Å². The molecule has 0 bridgehead atoms. The number of amides is 2. The van der Waals surface area contributed by atoms with Crippen molar-refractivity contribution in [3.8, 4) is 0 Å². The summed E-state index contributed by atoms with van der Waals surface area (Å²) in [5, 5.41) is 3.00. The zero-order chi connectivity index (χ0) is 30.3. The number of carbonyl (C=O) groups is 2. The van der Waals surface area contributed by atoms with Gasteiger partial charge in [-0.25, -0.2) is 8.42 Å². The first-order valence-corrected chi connectivity index (χ1v) is 15.8. The van der Waals surface area contributed by atoms with Crippen molar-refractivity contribution in [3.05, 3.63) is 129 Å². The third-order valence-corrected chi connectivity index (χ3v) is 9.32. The molecule has 0 unspecified atom stereocenters. The van der Waals surface area contributed by atoms with Gasteiger partial charge in [0.2, 0.25) is 11.8 Å². The van der Waals surface area contributed by atoms with Crippen molar-refractivity contribution >= 4 is 55.1 Å². The Kier molecular flexibility index (Phi) is 10.4. The van der Waals surface area contributed by atoms with Gasteiger partial charge < -0.3 is 10.2 Å². The van der Waals surface area contributed by atoms with Crippen LogP contribution in [0.1, 0.15) is 16.7 Å². The van der Waals surface area contributed by atoms with Crippen LogP contribution in [-0.2, 0) is 32.6 Å². The minimum Gasteiger partial charge on any atom is -0.357 e. The van der Waals surface area contributed by atoms with Crippen LogP contribution < -0.4 is 9.62 Å². The van der Waals surface area contributed by atoms with E-state index < -0.39 is 28.5 Å². The van der Waals surface area contributed by atoms with E-state index in [2.05, 4.69) is 21.2 Å². The van der Waals surface area contributed by atoms with Crippen LogP contribution in [0, 0.1) is 6.92 Å². The van der Waals surface area contributed by atoms with E-state index in [4.69, 9.17) is 11.6 Å². The smallest absolute Gasteiger partial charge is 0.264 e. The fourth-order valence-electron chi connectivity index (χ4n) is 4.50. The standard InChI is InChI=1S/C32H31BrClN3O4S/c1-23-11-17-29(18-12-23)42(40,41)37(28-10-6-9-27(34)20-28)22-31(38)36(21-25-13-15-26(33)16-14-25)30(32(39)35-2)19-24-7-4-3-5-8-24/h3-18,20,30H,19,21-22H2,1-2H3,(H,35,39)/t30-/m1/s1. The molecule has 218 valence electrons. The lowest BCUT2D eigenvalue weighted by Gasteiger charge is -2.33. The largest absolute Gasteiger partial charge is 0.357 e. The maximum Gasteiger partial charge on any atom is 0.264 e. The molecule has 7 nitrogen and oxygen atoms in total. The van der Waals surface area contributed by atoms with Gasteiger partial charge in [0.1, 0.15) is 12.6 Å². The summed E-state index contributed by atoms with van der Waals surface area (Å²) in [7, 11) is -2.67. The van der Waals surface area contributed by atoms with E-state index in [1.807, 2.05) is 61.5 Å². The van der Waals surface area contributed by atoms with Crippen molar-refractivity contribution in [2.45, 2.75) is 30.8 Å². The molecule has 0 aliphatic carbocycles. The maximum absolute atomic E-state index is 14.3. The van der Waals surface area contributed by atoms with Crippen molar-refractivity contribution in [3.63, 3.8) is 0 Å². The van der Waals surface area contributed by atoms with Crippen molar-refractivity contribution in [2.24, 2.45) is 0 Å². The molecule has 4 rings (SSSR count). The Bertz CT molecular complexity index is 1630. The van der Waals surface area contributed by atoms with E-state index in [1.54, 1.807) is 30.3 Å². The molecule has 0 radical (unpaired) electrons. The molecular weight excluding hydrogens is 638 g/mol. The lowest BCUT2D eigenvalue weighted by molar-refractivity contribution is -0.139. The Labute approximate surface area is 260 Å². The van der Waals surface area contributed by atoms with Gasteiger partial charge in [0, 0.05) is 29.5 Å². The lowest BCUT2D eigenvalue weighted by Crippen LogP contribution is -2.53. The fraction of sp³-hybridized carbons (Fsp3) is 0.188. The number of hydrogen-bond acceptors (Lipinski definition) is 4. The van der Waals surface area contributed by atoms with Crippen molar-refractivity contribution < 1.29 is 18.0 Å². The Hall–Kier alpha value is -3.66. The molecule has 2 amide bonds. The maximum atomic E-state index is 14.3. The van der Waals surface area contributed by atoms with Gasteiger partial charge in [-0.05, 0) is 60.5 Å². The molecule has 0 saturated heterocycles. The Morgan fingerprint density at radius 2 is 1.55 bits per heavy atom. The first-order valence-electron chi connectivity index (χ1n) is 13.2. The molecule has 0 aromatic heterocycles. The molecule has 42 heavy (non-hydrogen) atoms. The van der Waals surface area contributed by atoms with E-state index in [-0.39, 0.29) is 29.5 Å². The number of sulfonamides is 1. The quantitative estimate of drug-likeness (QED) is 0.213. The van der Waals surface area contributed by atoms with Gasteiger partial charge in [-0.3, -0.25) is 13.9 Å². The topological polar surface area (TPSA) is 86.8 Å². The molecule has 4 aromatic rings. The highest BCUT2D eigenvalue weighted by molar-refractivity contribution is 9.10. The molecule has 4 aromatic carbocycles. The highest BCUT2D eigenvalue weighted by Crippen LogP contribution is 2.27. The summed E-state index contributed by atoms with van der Waals surface area (Å²) in [4.78, 5) is 29.0. The van der Waals surface area contributed by atoms with E-state index in [0.717, 1.165) is 25.5 Å². The van der Waals surface area contributed by atoms with Crippen LogP contribution in [0.15, 0.2) is 112 Å². The SMILES string of the molecule is CNC(=O)[C@@H](Cc1ccccc1)N(Cc1ccc(Br)cc1)C(=O)CN(c1cccc(Cl)c1)S(=O)(=O)c1ccc(C)cc1. The number of likely N-dealkylation sites (N-methyl/N-ethyl adjacent to an activating group) is 1. The van der Waals surface area contributed by atoms with Crippen LogP contribution in [0.25, 0.3) is 0 Å². The zero-order valence-corrected chi connectivity index (χ0v) is 26.4. The first-order chi connectivity index (χ1) is 20.1. The van der Waals surface area contributed by atoms with Gasteiger partial charge in [0.15, 0.2) is 0 Å². The Morgan fingerprint density at radius 3 is 2.17 bits per heavy atom. The minimum atomic E-state index is -4.18. The molecule has 0 aliphatic rings. The number of carbonyl (C=O) groups excluding carboxylic acids is 2. The van der Waals surface area contributed by atoms with E-state index >= 15 is 0 Å². The van der Waals surface area contributed by atoms with Crippen LogP contribution in [0.4, 0.5) is 5.69 Å². The van der Waals surface area contributed by atoms with E-state index in [1.165, 1.54) is 30.1 Å². The number of benzene rings is 4. The predicted molar refractivity (Wildman–Crippen MR) is 170 cm³/mol. The summed E-state index contributed by atoms with van der Waals surface area (Å²) >= 11 is 9.68. The molecule has 1 atom stereocenters. The summed E-state index contributed by atoms with van der Waals surface area (Å²) in [5.41, 5.74) is 2.77. The van der Waals surface area contributed by atoms with Crippen molar-refractivity contribution in [1.29, 1.82) is 0 Å². The highest BCUT2D eigenvalue weighted by Gasteiger charge is 2.34. The molecule has 1 N–H and O–H groups in total. The first kappa shape index (κ1) is 31.3. The molecule has 0 saturated carbocycles. The monoisotopic (exact) mass is 667 g/mol. The van der Waals surface area contributed by atoms with Gasteiger partial charge >= 0.3 is 0 Å². The van der Waals surface area contributed by atoms with Crippen LogP contribution in [-0.4, -0.2) is 44.8 Å². The summed E-state index contributed by atoms with van der Waals surface area (Å²) in [6.45, 7) is 1.40. The number of nitrogens with one attached hydrogen (secondary N) is 1. The van der Waals surface area contributed by atoms with Crippen molar-refractivity contribution in [1.82, 2.24) is 10.2 Å². The number of rotatable bonds is 11. The van der Waals surface area contributed by atoms with Crippen molar-refractivity contribution in [2.75, 3.05) is 17.9 Å². The summed E-state index contributed by atoms with van der Waals surface area (Å²) in [6, 6.07) is 28.7. The predicted octanol–water partition coefficient (Wildman–Crippen LogP) is 5.99. The Balaban J connectivity index is 1.78. The minimum absolute atomic E-state index is 0.0347. The molecule has 10 heteroatoms. The number of anilines is 1. The fourth-order valence-corrected chi connectivity index (χ4v) is 6.36.